The summed E-state index contributed by atoms with van der Waals surface area (Å²) in [5.74, 6) is -0.523. The van der Waals surface area contributed by atoms with Crippen molar-refractivity contribution in [2.24, 2.45) is 0 Å². The summed E-state index contributed by atoms with van der Waals surface area (Å²) >= 11 is 2.78. The number of thiophene rings is 2. The van der Waals surface area contributed by atoms with E-state index in [4.69, 9.17) is 4.74 Å². The molecule has 1 aromatic carbocycles. The Labute approximate surface area is 160 Å². The molecule has 3 rings (SSSR count). The van der Waals surface area contributed by atoms with Gasteiger partial charge in [0.1, 0.15) is 5.00 Å². The van der Waals surface area contributed by atoms with Crippen molar-refractivity contribution in [3.05, 3.63) is 74.8 Å². The first kappa shape index (κ1) is 18.4. The number of anilines is 1. The fraction of sp³-hybridized carbons (Fsp3) is 0.200. The zero-order valence-electron chi connectivity index (χ0n) is 14.5. The zero-order valence-corrected chi connectivity index (χ0v) is 16.2. The molecule has 0 fully saturated rings. The molecule has 0 spiro atoms. The third kappa shape index (κ3) is 4.03. The summed E-state index contributed by atoms with van der Waals surface area (Å²) in [4.78, 5) is 26.4. The number of carbonyl (C=O) groups excluding carboxylic acids is 2. The predicted molar refractivity (Wildman–Crippen MR) is 107 cm³/mol. The second-order valence-corrected chi connectivity index (χ2v) is 7.71. The Morgan fingerprint density at radius 2 is 1.92 bits per heavy atom. The molecule has 0 unspecified atom stereocenters. The third-order valence-corrected chi connectivity index (χ3v) is 6.05. The number of amides is 1. The maximum atomic E-state index is 12.4. The van der Waals surface area contributed by atoms with Crippen molar-refractivity contribution in [3.8, 4) is 0 Å². The van der Waals surface area contributed by atoms with E-state index in [9.17, 15) is 9.59 Å². The van der Waals surface area contributed by atoms with Gasteiger partial charge in [-0.25, -0.2) is 4.79 Å². The molecule has 2 aromatic heterocycles. The summed E-state index contributed by atoms with van der Waals surface area (Å²) < 4.78 is 5.16. The molecule has 134 valence electrons. The van der Waals surface area contributed by atoms with E-state index in [2.05, 4.69) is 24.4 Å². The summed E-state index contributed by atoms with van der Waals surface area (Å²) in [6.07, 6.45) is 0. The Bertz CT molecular complexity index is 885. The minimum Gasteiger partial charge on any atom is -0.462 e. The van der Waals surface area contributed by atoms with Gasteiger partial charge in [0, 0.05) is 10.8 Å². The summed E-state index contributed by atoms with van der Waals surface area (Å²) in [5.41, 5.74) is 1.56. The molecule has 26 heavy (non-hydrogen) atoms. The Balaban J connectivity index is 1.92. The van der Waals surface area contributed by atoms with Gasteiger partial charge >= 0.3 is 5.97 Å². The molecule has 0 saturated carbocycles. The normalized spacial score (nSPS) is 11.8. The topological polar surface area (TPSA) is 55.4 Å². The first-order valence-corrected chi connectivity index (χ1v) is 10.0. The highest BCUT2D eigenvalue weighted by Crippen LogP contribution is 2.36. The van der Waals surface area contributed by atoms with Crippen LogP contribution in [-0.4, -0.2) is 18.5 Å². The number of rotatable bonds is 6. The highest BCUT2D eigenvalue weighted by atomic mass is 32.1. The van der Waals surface area contributed by atoms with Gasteiger partial charge in [0.05, 0.1) is 17.0 Å². The van der Waals surface area contributed by atoms with E-state index in [1.807, 2.05) is 35.7 Å². The van der Waals surface area contributed by atoms with Crippen LogP contribution in [0, 0.1) is 0 Å². The maximum absolute atomic E-state index is 12.4. The third-order valence-electron chi connectivity index (χ3n) is 3.94. The van der Waals surface area contributed by atoms with Gasteiger partial charge in [-0.05, 0) is 30.0 Å². The standard InChI is InChI=1S/C20H19NO3S2/c1-3-24-20(23)15-12-17(13(2)14-8-5-4-6-9-14)26-19(15)21-18(22)16-10-7-11-25-16/h4-13H,3H2,1-2H3,(H,21,22)/t13-/m1/s1. The molecule has 3 aromatic rings. The Morgan fingerprint density at radius 1 is 1.15 bits per heavy atom. The number of hydrogen-bond acceptors (Lipinski definition) is 5. The van der Waals surface area contributed by atoms with Crippen LogP contribution < -0.4 is 5.32 Å². The van der Waals surface area contributed by atoms with Crippen molar-refractivity contribution < 1.29 is 14.3 Å². The second kappa shape index (κ2) is 8.29. The van der Waals surface area contributed by atoms with Crippen LogP contribution in [0.15, 0.2) is 53.9 Å². The molecule has 1 N–H and O–H groups in total. The zero-order chi connectivity index (χ0) is 18.5. The van der Waals surface area contributed by atoms with E-state index in [0.29, 0.717) is 15.4 Å². The molecule has 6 heteroatoms. The lowest BCUT2D eigenvalue weighted by molar-refractivity contribution is 0.0528. The van der Waals surface area contributed by atoms with E-state index in [0.717, 1.165) is 10.4 Å². The fourth-order valence-corrected chi connectivity index (χ4v) is 4.30. The highest BCUT2D eigenvalue weighted by Gasteiger charge is 2.22. The SMILES string of the molecule is CCOC(=O)c1cc([C@H](C)c2ccccc2)sc1NC(=O)c1cccs1. The number of nitrogens with one attached hydrogen (secondary N) is 1. The van der Waals surface area contributed by atoms with Gasteiger partial charge in [0.2, 0.25) is 0 Å². The Kier molecular flexibility index (Phi) is 5.85. The quantitative estimate of drug-likeness (QED) is 0.579. The maximum Gasteiger partial charge on any atom is 0.341 e. The molecule has 0 saturated heterocycles. The van der Waals surface area contributed by atoms with E-state index in [1.165, 1.54) is 22.7 Å². The fourth-order valence-electron chi connectivity index (χ4n) is 2.56. The average Bonchev–Trinajstić information content (AvgIpc) is 3.32. The predicted octanol–water partition coefficient (Wildman–Crippen LogP) is 5.39. The van der Waals surface area contributed by atoms with Crippen molar-refractivity contribution >= 4 is 39.6 Å². The summed E-state index contributed by atoms with van der Waals surface area (Å²) in [7, 11) is 0. The van der Waals surface area contributed by atoms with Crippen LogP contribution in [0.25, 0.3) is 0 Å². The molecule has 4 nitrogen and oxygen atoms in total. The molecule has 0 radical (unpaired) electrons. The minimum absolute atomic E-state index is 0.113. The van der Waals surface area contributed by atoms with Crippen LogP contribution in [0.4, 0.5) is 5.00 Å². The van der Waals surface area contributed by atoms with Crippen molar-refractivity contribution in [3.63, 3.8) is 0 Å². The Hall–Kier alpha value is -2.44. The summed E-state index contributed by atoms with van der Waals surface area (Å²) in [5, 5.41) is 5.24. The lowest BCUT2D eigenvalue weighted by Crippen LogP contribution is -2.13. The van der Waals surface area contributed by atoms with E-state index < -0.39 is 5.97 Å². The summed E-state index contributed by atoms with van der Waals surface area (Å²) in [6.45, 7) is 4.14. The molecule has 0 aliphatic rings. The van der Waals surface area contributed by atoms with Gasteiger partial charge < -0.3 is 10.1 Å². The average molecular weight is 386 g/mol. The molecular formula is C20H19NO3S2. The molecule has 1 atom stereocenters. The first-order valence-electron chi connectivity index (χ1n) is 8.30. The van der Waals surface area contributed by atoms with Crippen LogP contribution in [0.3, 0.4) is 0 Å². The molecular weight excluding hydrogens is 366 g/mol. The smallest absolute Gasteiger partial charge is 0.341 e. The van der Waals surface area contributed by atoms with Gasteiger partial charge in [0.15, 0.2) is 0 Å². The van der Waals surface area contributed by atoms with Crippen molar-refractivity contribution in [1.82, 2.24) is 0 Å². The van der Waals surface area contributed by atoms with Gasteiger partial charge in [-0.15, -0.1) is 22.7 Å². The lowest BCUT2D eigenvalue weighted by atomic mass is 9.99. The number of benzene rings is 1. The summed E-state index contributed by atoms with van der Waals surface area (Å²) in [6, 6.07) is 15.5. The molecule has 1 amide bonds. The highest BCUT2D eigenvalue weighted by molar-refractivity contribution is 7.17. The van der Waals surface area contributed by atoms with E-state index in [-0.39, 0.29) is 18.4 Å². The van der Waals surface area contributed by atoms with Gasteiger partial charge in [0.25, 0.3) is 5.91 Å². The van der Waals surface area contributed by atoms with Gasteiger partial charge in [-0.3, -0.25) is 4.79 Å². The largest absolute Gasteiger partial charge is 0.462 e. The van der Waals surface area contributed by atoms with E-state index in [1.54, 1.807) is 13.0 Å². The van der Waals surface area contributed by atoms with Crippen molar-refractivity contribution in [1.29, 1.82) is 0 Å². The monoisotopic (exact) mass is 385 g/mol. The second-order valence-electron chi connectivity index (χ2n) is 5.68. The van der Waals surface area contributed by atoms with Crippen molar-refractivity contribution in [2.45, 2.75) is 19.8 Å². The number of ether oxygens (including phenoxy) is 1. The molecule has 0 aliphatic carbocycles. The van der Waals surface area contributed by atoms with Crippen molar-refractivity contribution in [2.75, 3.05) is 11.9 Å². The van der Waals surface area contributed by atoms with Crippen LogP contribution in [0.5, 0.6) is 0 Å². The lowest BCUT2D eigenvalue weighted by Gasteiger charge is -2.09. The van der Waals surface area contributed by atoms with Crippen LogP contribution >= 0.6 is 22.7 Å². The molecule has 2 heterocycles. The van der Waals surface area contributed by atoms with Gasteiger partial charge in [-0.1, -0.05) is 43.3 Å². The first-order chi connectivity index (χ1) is 12.6. The number of carbonyl (C=O) groups is 2. The molecule has 0 aliphatic heterocycles. The van der Waals surface area contributed by atoms with Crippen LogP contribution in [-0.2, 0) is 4.74 Å². The van der Waals surface area contributed by atoms with Crippen LogP contribution in [0.1, 0.15) is 50.2 Å². The number of esters is 1. The Morgan fingerprint density at radius 3 is 2.58 bits per heavy atom. The van der Waals surface area contributed by atoms with Crippen LogP contribution in [0.2, 0.25) is 0 Å². The number of hydrogen-bond donors (Lipinski definition) is 1. The van der Waals surface area contributed by atoms with Gasteiger partial charge in [-0.2, -0.15) is 0 Å². The molecule has 0 bridgehead atoms. The minimum atomic E-state index is -0.420. The van der Waals surface area contributed by atoms with E-state index >= 15 is 0 Å².